The van der Waals surface area contributed by atoms with Crippen molar-refractivity contribution in [1.82, 2.24) is 15.1 Å². The van der Waals surface area contributed by atoms with E-state index >= 15 is 0 Å². The van der Waals surface area contributed by atoms with E-state index < -0.39 is 0 Å². The molecule has 3 heteroatoms. The molecule has 2 aliphatic heterocycles. The lowest BCUT2D eigenvalue weighted by molar-refractivity contribution is 0.178. The van der Waals surface area contributed by atoms with Crippen molar-refractivity contribution in [3.63, 3.8) is 0 Å². The largest absolute Gasteiger partial charge is 0.311 e. The zero-order chi connectivity index (χ0) is 12.3. The Labute approximate surface area is 107 Å². The van der Waals surface area contributed by atoms with Crippen LogP contribution in [0.4, 0.5) is 0 Å². The summed E-state index contributed by atoms with van der Waals surface area (Å²) in [5, 5.41) is 3.78. The molecule has 0 aromatic rings. The Hall–Kier alpha value is -0.120. The average molecular weight is 239 g/mol. The molecule has 2 rings (SSSR count). The molecule has 0 bridgehead atoms. The van der Waals surface area contributed by atoms with E-state index in [2.05, 4.69) is 36.0 Å². The van der Waals surface area contributed by atoms with Crippen molar-refractivity contribution in [2.24, 2.45) is 0 Å². The fourth-order valence-electron chi connectivity index (χ4n) is 3.17. The SMILES string of the molecule is CC(C)N(C)CCNC1CCN2CCCCC12. The molecule has 2 fully saturated rings. The van der Waals surface area contributed by atoms with Gasteiger partial charge in [-0.3, -0.25) is 4.90 Å². The lowest BCUT2D eigenvalue weighted by Gasteiger charge is -2.33. The molecule has 17 heavy (non-hydrogen) atoms. The third-order valence-electron chi connectivity index (χ3n) is 4.61. The first-order valence-corrected chi connectivity index (χ1v) is 7.36. The van der Waals surface area contributed by atoms with E-state index in [4.69, 9.17) is 0 Å². The fraction of sp³-hybridized carbons (Fsp3) is 1.00. The van der Waals surface area contributed by atoms with E-state index in [1.165, 1.54) is 45.3 Å². The summed E-state index contributed by atoms with van der Waals surface area (Å²) in [6, 6.07) is 2.26. The summed E-state index contributed by atoms with van der Waals surface area (Å²) in [5.41, 5.74) is 0. The minimum absolute atomic E-state index is 0.659. The molecule has 3 nitrogen and oxygen atoms in total. The Morgan fingerprint density at radius 3 is 2.82 bits per heavy atom. The van der Waals surface area contributed by atoms with Gasteiger partial charge in [0.1, 0.15) is 0 Å². The Morgan fingerprint density at radius 1 is 1.24 bits per heavy atom. The van der Waals surface area contributed by atoms with Crippen LogP contribution >= 0.6 is 0 Å². The molecule has 2 unspecified atom stereocenters. The Kier molecular flexibility index (Phi) is 4.83. The van der Waals surface area contributed by atoms with E-state index in [1.54, 1.807) is 0 Å². The van der Waals surface area contributed by atoms with Crippen molar-refractivity contribution < 1.29 is 0 Å². The predicted octanol–water partition coefficient (Wildman–Crippen LogP) is 1.54. The van der Waals surface area contributed by atoms with E-state index in [-0.39, 0.29) is 0 Å². The molecule has 2 aliphatic rings. The van der Waals surface area contributed by atoms with Gasteiger partial charge < -0.3 is 10.2 Å². The summed E-state index contributed by atoms with van der Waals surface area (Å²) in [6.07, 6.45) is 5.62. The Bertz CT molecular complexity index is 230. The molecule has 0 spiro atoms. The van der Waals surface area contributed by atoms with Crippen molar-refractivity contribution in [1.29, 1.82) is 0 Å². The van der Waals surface area contributed by atoms with Gasteiger partial charge in [0.2, 0.25) is 0 Å². The van der Waals surface area contributed by atoms with Crippen LogP contribution in [0.1, 0.15) is 39.5 Å². The first-order valence-electron chi connectivity index (χ1n) is 7.36. The van der Waals surface area contributed by atoms with Crippen LogP contribution in [0.5, 0.6) is 0 Å². The van der Waals surface area contributed by atoms with Gasteiger partial charge in [-0.2, -0.15) is 0 Å². The van der Waals surface area contributed by atoms with Gasteiger partial charge >= 0.3 is 0 Å². The number of nitrogens with one attached hydrogen (secondary N) is 1. The van der Waals surface area contributed by atoms with Gasteiger partial charge in [-0.25, -0.2) is 0 Å². The first-order chi connectivity index (χ1) is 8.18. The van der Waals surface area contributed by atoms with Gasteiger partial charge in [-0.05, 0) is 46.7 Å². The highest BCUT2D eigenvalue weighted by Gasteiger charge is 2.34. The van der Waals surface area contributed by atoms with Crippen LogP contribution in [0.15, 0.2) is 0 Å². The normalized spacial score (nSPS) is 30.2. The number of fused-ring (bicyclic) bond motifs is 1. The van der Waals surface area contributed by atoms with Gasteiger partial charge in [0, 0.05) is 37.8 Å². The highest BCUT2D eigenvalue weighted by atomic mass is 15.2. The van der Waals surface area contributed by atoms with Crippen LogP contribution < -0.4 is 5.32 Å². The second kappa shape index (κ2) is 6.17. The number of hydrogen-bond acceptors (Lipinski definition) is 3. The highest BCUT2D eigenvalue weighted by Crippen LogP contribution is 2.26. The minimum Gasteiger partial charge on any atom is -0.311 e. The molecular weight excluding hydrogens is 210 g/mol. The van der Waals surface area contributed by atoms with E-state index in [1.807, 2.05) is 0 Å². The van der Waals surface area contributed by atoms with Crippen LogP contribution in [0.25, 0.3) is 0 Å². The average Bonchev–Trinajstić information content (AvgIpc) is 2.72. The fourth-order valence-corrected chi connectivity index (χ4v) is 3.17. The zero-order valence-electron chi connectivity index (χ0n) is 11.8. The zero-order valence-corrected chi connectivity index (χ0v) is 11.8. The second-order valence-electron chi connectivity index (χ2n) is 6.02. The highest BCUT2D eigenvalue weighted by molar-refractivity contribution is 4.93. The van der Waals surface area contributed by atoms with Crippen molar-refractivity contribution in [2.75, 3.05) is 33.2 Å². The van der Waals surface area contributed by atoms with Gasteiger partial charge in [-0.15, -0.1) is 0 Å². The van der Waals surface area contributed by atoms with Crippen LogP contribution in [0, 0.1) is 0 Å². The minimum atomic E-state index is 0.659. The van der Waals surface area contributed by atoms with Gasteiger partial charge in [0.15, 0.2) is 0 Å². The predicted molar refractivity (Wildman–Crippen MR) is 73.4 cm³/mol. The number of nitrogens with zero attached hydrogens (tertiary/aromatic N) is 2. The molecule has 2 heterocycles. The molecule has 1 N–H and O–H groups in total. The van der Waals surface area contributed by atoms with Crippen molar-refractivity contribution in [2.45, 2.75) is 57.7 Å². The van der Waals surface area contributed by atoms with Gasteiger partial charge in [-0.1, -0.05) is 6.42 Å². The third kappa shape index (κ3) is 3.43. The molecule has 0 saturated carbocycles. The van der Waals surface area contributed by atoms with E-state index in [0.717, 1.165) is 18.6 Å². The lowest BCUT2D eigenvalue weighted by atomic mass is 9.99. The van der Waals surface area contributed by atoms with E-state index in [0.29, 0.717) is 6.04 Å². The van der Waals surface area contributed by atoms with Crippen LogP contribution in [0.3, 0.4) is 0 Å². The van der Waals surface area contributed by atoms with Crippen molar-refractivity contribution in [3.05, 3.63) is 0 Å². The topological polar surface area (TPSA) is 18.5 Å². The summed E-state index contributed by atoms with van der Waals surface area (Å²) < 4.78 is 0. The third-order valence-corrected chi connectivity index (χ3v) is 4.61. The molecule has 0 aromatic heterocycles. The van der Waals surface area contributed by atoms with Gasteiger partial charge in [0.25, 0.3) is 0 Å². The second-order valence-corrected chi connectivity index (χ2v) is 6.02. The van der Waals surface area contributed by atoms with Crippen LogP contribution in [-0.4, -0.2) is 61.2 Å². The summed E-state index contributed by atoms with van der Waals surface area (Å²) in [6.45, 7) is 9.50. The summed E-state index contributed by atoms with van der Waals surface area (Å²) >= 11 is 0. The van der Waals surface area contributed by atoms with Crippen LogP contribution in [0.2, 0.25) is 0 Å². The first kappa shape index (κ1) is 13.3. The smallest absolute Gasteiger partial charge is 0.0249 e. The Balaban J connectivity index is 1.69. The van der Waals surface area contributed by atoms with Gasteiger partial charge in [0.05, 0.1) is 0 Å². The molecule has 0 radical (unpaired) electrons. The van der Waals surface area contributed by atoms with Crippen molar-refractivity contribution >= 4 is 0 Å². The lowest BCUT2D eigenvalue weighted by Crippen LogP contribution is -2.46. The molecule has 100 valence electrons. The molecule has 0 aliphatic carbocycles. The number of hydrogen-bond donors (Lipinski definition) is 1. The molecular formula is C14H29N3. The maximum atomic E-state index is 3.78. The molecule has 2 atom stereocenters. The monoisotopic (exact) mass is 239 g/mol. The maximum Gasteiger partial charge on any atom is 0.0249 e. The van der Waals surface area contributed by atoms with Crippen molar-refractivity contribution in [3.8, 4) is 0 Å². The van der Waals surface area contributed by atoms with Crippen LogP contribution in [-0.2, 0) is 0 Å². The summed E-state index contributed by atoms with van der Waals surface area (Å²) in [7, 11) is 2.22. The molecule has 0 aromatic carbocycles. The standard InChI is InChI=1S/C14H29N3/c1-12(2)16(3)11-8-15-13-7-10-17-9-5-4-6-14(13)17/h12-15H,4-11H2,1-3H3. The number of likely N-dealkylation sites (N-methyl/N-ethyl adjacent to an activating group) is 1. The maximum absolute atomic E-state index is 3.78. The summed E-state index contributed by atoms with van der Waals surface area (Å²) in [5.74, 6) is 0. The number of piperidine rings is 1. The van der Waals surface area contributed by atoms with E-state index in [9.17, 15) is 0 Å². The quantitative estimate of drug-likeness (QED) is 0.785. The molecule has 0 amide bonds. The summed E-state index contributed by atoms with van der Waals surface area (Å²) in [4.78, 5) is 5.12. The Morgan fingerprint density at radius 2 is 2.06 bits per heavy atom. The molecule has 2 saturated heterocycles. The number of rotatable bonds is 5.